The summed E-state index contributed by atoms with van der Waals surface area (Å²) >= 11 is 0. The van der Waals surface area contributed by atoms with Gasteiger partial charge >= 0.3 is 11.9 Å². The Kier molecular flexibility index (Phi) is 3.11. The van der Waals surface area contributed by atoms with Gasteiger partial charge in [0.2, 0.25) is 0 Å². The van der Waals surface area contributed by atoms with Gasteiger partial charge in [-0.3, -0.25) is 14.3 Å². The fourth-order valence-corrected chi connectivity index (χ4v) is 1.66. The van der Waals surface area contributed by atoms with Crippen molar-refractivity contribution in [2.45, 2.75) is 0 Å². The van der Waals surface area contributed by atoms with E-state index in [1.54, 1.807) is 0 Å². The van der Waals surface area contributed by atoms with Gasteiger partial charge in [0, 0.05) is 30.2 Å². The molecule has 2 aromatic heterocycles. The second-order valence-corrected chi connectivity index (χ2v) is 3.61. The molecule has 2 rings (SSSR count). The molecule has 0 unspecified atom stereocenters. The van der Waals surface area contributed by atoms with Crippen LogP contribution in [-0.2, 0) is 0 Å². The summed E-state index contributed by atoms with van der Waals surface area (Å²) in [6.45, 7) is 0. The molecule has 0 amide bonds. The molecule has 0 atom stereocenters. The molecular weight excluding hydrogens is 252 g/mol. The number of carboxylic acid groups (broad SMARTS) is 2. The van der Waals surface area contributed by atoms with Crippen molar-refractivity contribution in [2.24, 2.45) is 0 Å². The topological polar surface area (TPSA) is 109 Å². The van der Waals surface area contributed by atoms with E-state index in [-0.39, 0.29) is 0 Å². The normalized spacial score (nSPS) is 10.1. The van der Waals surface area contributed by atoms with Gasteiger partial charge < -0.3 is 10.2 Å². The zero-order valence-electron chi connectivity index (χ0n) is 9.48. The molecule has 0 saturated heterocycles. The molecule has 7 heteroatoms. The van der Waals surface area contributed by atoms with E-state index in [0.717, 1.165) is 16.7 Å². The Morgan fingerprint density at radius 2 is 1.47 bits per heavy atom. The molecule has 0 bridgehead atoms. The molecule has 7 nitrogen and oxygen atoms in total. The fourth-order valence-electron chi connectivity index (χ4n) is 1.66. The maximum atomic E-state index is 11.4. The van der Waals surface area contributed by atoms with E-state index in [1.807, 2.05) is 0 Å². The van der Waals surface area contributed by atoms with Crippen LogP contribution in [0, 0.1) is 0 Å². The second kappa shape index (κ2) is 4.73. The molecule has 0 aliphatic heterocycles. The molecule has 2 aromatic rings. The van der Waals surface area contributed by atoms with Crippen LogP contribution in [0.25, 0.3) is 5.69 Å². The van der Waals surface area contributed by atoms with Gasteiger partial charge in [0.15, 0.2) is 5.43 Å². The van der Waals surface area contributed by atoms with Crippen LogP contribution in [-0.4, -0.2) is 31.7 Å². The highest BCUT2D eigenvalue weighted by Crippen LogP contribution is 2.13. The summed E-state index contributed by atoms with van der Waals surface area (Å²) in [7, 11) is 0. The Hall–Kier alpha value is -2.96. The van der Waals surface area contributed by atoms with Crippen LogP contribution < -0.4 is 5.43 Å². The molecule has 19 heavy (non-hydrogen) atoms. The van der Waals surface area contributed by atoms with Crippen molar-refractivity contribution in [1.82, 2.24) is 9.55 Å². The van der Waals surface area contributed by atoms with Crippen molar-refractivity contribution in [3.05, 3.63) is 58.3 Å². The minimum absolute atomic E-state index is 0.296. The average Bonchev–Trinajstić information content (AvgIpc) is 2.38. The first-order valence-corrected chi connectivity index (χ1v) is 5.15. The van der Waals surface area contributed by atoms with Gasteiger partial charge in [-0.2, -0.15) is 0 Å². The first-order valence-electron chi connectivity index (χ1n) is 5.15. The molecule has 96 valence electrons. The zero-order valence-corrected chi connectivity index (χ0v) is 9.48. The predicted octanol–water partition coefficient (Wildman–Crippen LogP) is 0.629. The number of hydrogen-bond acceptors (Lipinski definition) is 4. The molecule has 0 aliphatic rings. The predicted molar refractivity (Wildman–Crippen MR) is 63.8 cm³/mol. The van der Waals surface area contributed by atoms with Gasteiger partial charge in [0.25, 0.3) is 0 Å². The van der Waals surface area contributed by atoms with Crippen molar-refractivity contribution < 1.29 is 19.8 Å². The van der Waals surface area contributed by atoms with E-state index in [0.29, 0.717) is 5.69 Å². The Morgan fingerprint density at radius 1 is 1.00 bits per heavy atom. The van der Waals surface area contributed by atoms with E-state index < -0.39 is 28.8 Å². The van der Waals surface area contributed by atoms with E-state index in [1.165, 1.54) is 24.5 Å². The summed E-state index contributed by atoms with van der Waals surface area (Å²) < 4.78 is 0.980. The monoisotopic (exact) mass is 260 g/mol. The molecule has 0 aliphatic carbocycles. The first kappa shape index (κ1) is 12.5. The number of hydrogen-bond donors (Lipinski definition) is 2. The quantitative estimate of drug-likeness (QED) is 0.837. The van der Waals surface area contributed by atoms with Crippen LogP contribution in [0.3, 0.4) is 0 Å². The Balaban J connectivity index is 2.86. The molecule has 2 N–H and O–H groups in total. The summed E-state index contributed by atoms with van der Waals surface area (Å²) in [6.07, 6.45) is 2.79. The fraction of sp³-hybridized carbons (Fsp3) is 0. The number of carboxylic acids is 2. The van der Waals surface area contributed by atoms with Crippen molar-refractivity contribution in [3.8, 4) is 5.69 Å². The lowest BCUT2D eigenvalue weighted by atomic mass is 10.2. The molecule has 0 spiro atoms. The van der Waals surface area contributed by atoms with E-state index in [4.69, 9.17) is 10.2 Å². The molecule has 0 radical (unpaired) electrons. The largest absolute Gasteiger partial charge is 0.477 e. The highest BCUT2D eigenvalue weighted by Gasteiger charge is 2.19. The second-order valence-electron chi connectivity index (χ2n) is 3.61. The lowest BCUT2D eigenvalue weighted by Gasteiger charge is -2.13. The summed E-state index contributed by atoms with van der Waals surface area (Å²) in [5, 5.41) is 18.2. The van der Waals surface area contributed by atoms with Crippen LogP contribution in [0.2, 0.25) is 0 Å². The third-order valence-electron chi connectivity index (χ3n) is 2.40. The zero-order chi connectivity index (χ0) is 14.0. The van der Waals surface area contributed by atoms with Crippen LogP contribution in [0.15, 0.2) is 41.5 Å². The highest BCUT2D eigenvalue weighted by molar-refractivity contribution is 5.91. The Labute approximate surface area is 106 Å². The minimum atomic E-state index is -1.39. The lowest BCUT2D eigenvalue weighted by molar-refractivity contribution is 0.0678. The smallest absolute Gasteiger partial charge is 0.353 e. The SMILES string of the molecule is O=C(O)c1cc(=O)cc(C(=O)O)n1-c1ccncc1. The third kappa shape index (κ3) is 2.34. The summed E-state index contributed by atoms with van der Waals surface area (Å²) in [5.74, 6) is -2.78. The van der Waals surface area contributed by atoms with Crippen LogP contribution in [0.4, 0.5) is 0 Å². The first-order chi connectivity index (χ1) is 9.00. The van der Waals surface area contributed by atoms with Crippen molar-refractivity contribution >= 4 is 11.9 Å². The summed E-state index contributed by atoms with van der Waals surface area (Å²) in [5.41, 5.74) is -1.22. The van der Waals surface area contributed by atoms with Gasteiger partial charge in [-0.15, -0.1) is 0 Å². The number of pyridine rings is 2. The third-order valence-corrected chi connectivity index (χ3v) is 2.40. The summed E-state index contributed by atoms with van der Waals surface area (Å²) in [4.78, 5) is 37.4. The number of aromatic nitrogens is 2. The minimum Gasteiger partial charge on any atom is -0.477 e. The summed E-state index contributed by atoms with van der Waals surface area (Å²) in [6, 6.07) is 4.64. The number of carbonyl (C=O) groups is 2. The molecule has 0 aromatic carbocycles. The molecule has 0 fully saturated rings. The van der Waals surface area contributed by atoms with Gasteiger partial charge in [-0.1, -0.05) is 0 Å². The number of nitrogens with zero attached hydrogens (tertiary/aromatic N) is 2. The number of aromatic carboxylic acids is 2. The van der Waals surface area contributed by atoms with Gasteiger partial charge in [-0.25, -0.2) is 9.59 Å². The van der Waals surface area contributed by atoms with Crippen LogP contribution in [0.1, 0.15) is 21.0 Å². The van der Waals surface area contributed by atoms with Gasteiger partial charge in [-0.05, 0) is 12.1 Å². The molecule has 0 saturated carbocycles. The molecule has 2 heterocycles. The van der Waals surface area contributed by atoms with Crippen molar-refractivity contribution in [3.63, 3.8) is 0 Å². The van der Waals surface area contributed by atoms with Crippen LogP contribution in [0.5, 0.6) is 0 Å². The van der Waals surface area contributed by atoms with E-state index in [9.17, 15) is 14.4 Å². The van der Waals surface area contributed by atoms with Gasteiger partial charge in [0.1, 0.15) is 11.4 Å². The lowest BCUT2D eigenvalue weighted by Crippen LogP contribution is -2.22. The van der Waals surface area contributed by atoms with Crippen molar-refractivity contribution in [1.29, 1.82) is 0 Å². The Bertz CT molecular complexity index is 668. The van der Waals surface area contributed by atoms with Crippen LogP contribution >= 0.6 is 0 Å². The van der Waals surface area contributed by atoms with Crippen molar-refractivity contribution in [2.75, 3.05) is 0 Å². The van der Waals surface area contributed by atoms with E-state index in [2.05, 4.69) is 4.98 Å². The average molecular weight is 260 g/mol. The number of rotatable bonds is 3. The maximum Gasteiger partial charge on any atom is 0.353 e. The highest BCUT2D eigenvalue weighted by atomic mass is 16.4. The Morgan fingerprint density at radius 3 is 1.89 bits per heavy atom. The van der Waals surface area contributed by atoms with E-state index >= 15 is 0 Å². The standard InChI is InChI=1S/C12H8N2O5/c15-8-5-9(11(16)17)14(10(6-8)12(18)19)7-1-3-13-4-2-7/h1-6H,(H,16,17)(H,18,19). The maximum absolute atomic E-state index is 11.4. The molecular formula is C12H8N2O5. The van der Waals surface area contributed by atoms with Gasteiger partial charge in [0.05, 0.1) is 0 Å².